The molecule has 0 fully saturated rings. The van der Waals surface area contributed by atoms with Gasteiger partial charge in [0.2, 0.25) is 0 Å². The van der Waals surface area contributed by atoms with Gasteiger partial charge in [-0.1, -0.05) is 176 Å². The molecule has 0 bridgehead atoms. The van der Waals surface area contributed by atoms with Gasteiger partial charge in [-0.05, 0) is 157 Å². The lowest BCUT2D eigenvalue weighted by molar-refractivity contribution is 1.18. The Labute approximate surface area is 385 Å². The van der Waals surface area contributed by atoms with Crippen molar-refractivity contribution >= 4 is 49.6 Å². The van der Waals surface area contributed by atoms with Crippen LogP contribution in [0.15, 0.2) is 255 Å². The van der Waals surface area contributed by atoms with Gasteiger partial charge >= 0.3 is 0 Å². The minimum absolute atomic E-state index is 1.07. The molecule has 0 spiro atoms. The van der Waals surface area contributed by atoms with Gasteiger partial charge in [-0.3, -0.25) is 0 Å². The van der Waals surface area contributed by atoms with Gasteiger partial charge in [0, 0.05) is 33.5 Å². The number of aromatic nitrogens is 1. The number of anilines is 3. The molecular formula is C64H42N2. The van der Waals surface area contributed by atoms with Crippen LogP contribution in [0.25, 0.3) is 93.9 Å². The van der Waals surface area contributed by atoms with E-state index in [0.717, 1.165) is 50.6 Å². The summed E-state index contributed by atoms with van der Waals surface area (Å²) >= 11 is 0. The van der Waals surface area contributed by atoms with Crippen LogP contribution in [0.2, 0.25) is 0 Å². The van der Waals surface area contributed by atoms with Crippen molar-refractivity contribution in [2.45, 2.75) is 0 Å². The summed E-state index contributed by atoms with van der Waals surface area (Å²) in [6.07, 6.45) is 0. The fourth-order valence-corrected chi connectivity index (χ4v) is 9.71. The molecule has 1 aromatic heterocycles. The first-order valence-electron chi connectivity index (χ1n) is 22.5. The van der Waals surface area contributed by atoms with Crippen LogP contribution in [0.5, 0.6) is 0 Å². The van der Waals surface area contributed by atoms with E-state index in [1.54, 1.807) is 0 Å². The summed E-state index contributed by atoms with van der Waals surface area (Å²) in [4.78, 5) is 2.38. The van der Waals surface area contributed by atoms with Crippen molar-refractivity contribution in [3.8, 4) is 61.3 Å². The highest BCUT2D eigenvalue weighted by molar-refractivity contribution is 6.18. The second kappa shape index (κ2) is 16.7. The molecule has 0 saturated carbocycles. The molecule has 1 heterocycles. The molecule has 2 heteroatoms. The van der Waals surface area contributed by atoms with Crippen molar-refractivity contribution in [1.29, 1.82) is 0 Å². The smallest absolute Gasteiger partial charge is 0.0547 e. The van der Waals surface area contributed by atoms with E-state index in [4.69, 9.17) is 0 Å². The third kappa shape index (κ3) is 7.06. The van der Waals surface area contributed by atoms with Crippen LogP contribution in [-0.4, -0.2) is 4.57 Å². The molecule has 0 aliphatic rings. The number of para-hydroxylation sites is 1. The normalized spacial score (nSPS) is 11.2. The van der Waals surface area contributed by atoms with Gasteiger partial charge in [-0.25, -0.2) is 0 Å². The van der Waals surface area contributed by atoms with E-state index >= 15 is 0 Å². The second-order valence-corrected chi connectivity index (χ2v) is 16.8. The van der Waals surface area contributed by atoms with E-state index in [1.165, 1.54) is 60.4 Å². The summed E-state index contributed by atoms with van der Waals surface area (Å²) < 4.78 is 2.42. The molecule has 11 aromatic carbocycles. The first kappa shape index (κ1) is 38.7. The Bertz CT molecular complexity index is 3660. The van der Waals surface area contributed by atoms with Gasteiger partial charge in [0.25, 0.3) is 0 Å². The summed E-state index contributed by atoms with van der Waals surface area (Å²) in [6, 6.07) is 98.1. The van der Waals surface area contributed by atoms with Crippen LogP contribution in [-0.2, 0) is 0 Å². The van der Waals surface area contributed by atoms with E-state index in [2.05, 4.69) is 264 Å². The largest absolute Gasteiger partial charge is 0.310 e. The van der Waals surface area contributed by atoms with Crippen molar-refractivity contribution in [2.75, 3.05) is 4.90 Å². The molecule has 0 atom stereocenters. The highest BCUT2D eigenvalue weighted by atomic mass is 15.1. The zero-order valence-electron chi connectivity index (χ0n) is 36.1. The van der Waals surface area contributed by atoms with Gasteiger partial charge < -0.3 is 9.47 Å². The van der Waals surface area contributed by atoms with Crippen molar-refractivity contribution < 1.29 is 0 Å². The molecule has 2 nitrogen and oxygen atoms in total. The molecule has 0 N–H and O–H groups in total. The number of benzene rings is 10. The highest BCUT2D eigenvalue weighted by Crippen LogP contribution is 2.43. The summed E-state index contributed by atoms with van der Waals surface area (Å²) in [5.41, 5.74) is 18.5. The van der Waals surface area contributed by atoms with Gasteiger partial charge in [-0.15, -0.1) is 0 Å². The van der Waals surface area contributed by atoms with Crippen molar-refractivity contribution in [3.05, 3.63) is 267 Å². The Balaban J connectivity index is 0.999. The van der Waals surface area contributed by atoms with Crippen LogP contribution in [0.1, 0.15) is 0 Å². The zero-order chi connectivity index (χ0) is 43.8. The van der Waals surface area contributed by atoms with E-state index in [9.17, 15) is 0 Å². The number of hydrogen-bond acceptors (Lipinski definition) is 1. The predicted octanol–water partition coefficient (Wildman–Crippen LogP) is 17.3. The van der Waals surface area contributed by atoms with Crippen molar-refractivity contribution in [1.82, 2.24) is 4.57 Å². The molecule has 0 aliphatic carbocycles. The second-order valence-electron chi connectivity index (χ2n) is 16.8. The monoisotopic (exact) mass is 838 g/mol. The minimum Gasteiger partial charge on any atom is -0.310 e. The maximum Gasteiger partial charge on any atom is 0.0547 e. The summed E-state index contributed by atoms with van der Waals surface area (Å²) in [5, 5.41) is 4.94. The van der Waals surface area contributed by atoms with Crippen molar-refractivity contribution in [2.24, 2.45) is 0 Å². The van der Waals surface area contributed by atoms with E-state index in [0.29, 0.717) is 0 Å². The average molecular weight is 839 g/mol. The maximum absolute atomic E-state index is 3.11. The van der Waals surface area contributed by atoms with Crippen LogP contribution in [0.4, 0.5) is 17.1 Å². The zero-order valence-corrected chi connectivity index (χ0v) is 36.1. The molecule has 0 saturated heterocycles. The van der Waals surface area contributed by atoms with Crippen LogP contribution < -0.4 is 4.90 Å². The molecule has 0 aliphatic heterocycles. The van der Waals surface area contributed by atoms with Crippen LogP contribution in [0, 0.1) is 12.1 Å². The fourth-order valence-electron chi connectivity index (χ4n) is 9.71. The topological polar surface area (TPSA) is 8.17 Å². The highest BCUT2D eigenvalue weighted by Gasteiger charge is 2.20. The first-order valence-corrected chi connectivity index (χ1v) is 22.5. The summed E-state index contributed by atoms with van der Waals surface area (Å²) in [6.45, 7) is 0. The standard InChI is InChI=1S/C64H42N2/c1-4-17-45(18-5-1)49-23-14-24-50(41-49)46-33-37-55(38-34-46)65(56-39-35-48(36-40-56)59-30-13-12-29-58(59)47-19-6-2-7-20-47)57-28-15-25-53(42-57)60-31-16-32-62-64(60)61-43-51-21-10-11-22-52(51)44-63(61)66(62)54-26-8-3-9-27-54/h2-4,6-44H. The third-order valence-electron chi connectivity index (χ3n) is 12.8. The molecular weight excluding hydrogens is 797 g/mol. The number of hydrogen-bond donors (Lipinski definition) is 0. The van der Waals surface area contributed by atoms with E-state index < -0.39 is 0 Å². The lowest BCUT2D eigenvalue weighted by Crippen LogP contribution is -2.10. The number of nitrogens with zero attached hydrogens (tertiary/aromatic N) is 2. The SMILES string of the molecule is c1ccc(-c2cccc(-c3ccc(N(c4ccc(-c5ccccc5-c5ccccc5)cc4)c4cccc(-c5cccc6c5c5cc7ccccc7cc5n6-c5ccccc5)c4)cc3)c2)cc#1. The molecule has 308 valence electrons. The maximum atomic E-state index is 3.11. The first-order chi connectivity index (χ1) is 32.7. The Hall–Kier alpha value is -8.90. The van der Waals surface area contributed by atoms with Gasteiger partial charge in [0.05, 0.1) is 11.0 Å². The lowest BCUT2D eigenvalue weighted by atomic mass is 9.94. The van der Waals surface area contributed by atoms with E-state index in [1.807, 2.05) is 12.1 Å². The molecule has 12 aromatic rings. The Morgan fingerprint density at radius 3 is 1.59 bits per heavy atom. The molecule has 0 radical (unpaired) electrons. The summed E-state index contributed by atoms with van der Waals surface area (Å²) in [5.74, 6) is 0. The Morgan fingerprint density at radius 1 is 0.318 bits per heavy atom. The number of fused-ring (bicyclic) bond motifs is 4. The van der Waals surface area contributed by atoms with Gasteiger partial charge in [-0.2, -0.15) is 0 Å². The van der Waals surface area contributed by atoms with Crippen LogP contribution >= 0.6 is 0 Å². The van der Waals surface area contributed by atoms with Crippen LogP contribution in [0.3, 0.4) is 0 Å². The van der Waals surface area contributed by atoms with Gasteiger partial charge in [0.1, 0.15) is 0 Å². The molecule has 0 amide bonds. The average Bonchev–Trinajstić information content (AvgIpc) is 3.72. The molecule has 66 heavy (non-hydrogen) atoms. The minimum atomic E-state index is 1.07. The third-order valence-corrected chi connectivity index (χ3v) is 12.8. The quantitative estimate of drug-likeness (QED) is 0.141. The molecule has 0 unspecified atom stereocenters. The molecule has 12 rings (SSSR count). The lowest BCUT2D eigenvalue weighted by Gasteiger charge is -2.26. The predicted molar refractivity (Wildman–Crippen MR) is 278 cm³/mol. The Kier molecular flexibility index (Phi) is 9.78. The van der Waals surface area contributed by atoms with Gasteiger partial charge in [0.15, 0.2) is 0 Å². The fraction of sp³-hybridized carbons (Fsp3) is 0. The van der Waals surface area contributed by atoms with Crippen molar-refractivity contribution in [3.63, 3.8) is 0 Å². The number of rotatable bonds is 9. The Morgan fingerprint density at radius 2 is 0.879 bits per heavy atom. The van der Waals surface area contributed by atoms with E-state index in [-0.39, 0.29) is 0 Å². The summed E-state index contributed by atoms with van der Waals surface area (Å²) in [7, 11) is 0.